The van der Waals surface area contributed by atoms with Gasteiger partial charge in [0.2, 0.25) is 0 Å². The van der Waals surface area contributed by atoms with Crippen molar-refractivity contribution in [3.63, 3.8) is 0 Å². The Bertz CT molecular complexity index is 451. The second-order valence-electron chi connectivity index (χ2n) is 2.33. The molecule has 72 valence electrons. The summed E-state index contributed by atoms with van der Waals surface area (Å²) in [6.07, 6.45) is 0. The molecule has 1 N–H and O–H groups in total. The molecule has 0 radical (unpaired) electrons. The van der Waals surface area contributed by atoms with E-state index in [1.165, 1.54) is 6.07 Å². The lowest BCUT2D eigenvalue weighted by atomic mass is 10.2. The third-order valence-corrected chi connectivity index (χ3v) is 1.97. The average molecular weight is 212 g/mol. The van der Waals surface area contributed by atoms with E-state index >= 15 is 0 Å². The van der Waals surface area contributed by atoms with Crippen LogP contribution in [0.2, 0.25) is 0 Å². The molecule has 0 bridgehead atoms. The van der Waals surface area contributed by atoms with Crippen LogP contribution in [0.3, 0.4) is 0 Å². The van der Waals surface area contributed by atoms with Gasteiger partial charge in [-0.15, -0.1) is 0 Å². The Morgan fingerprint density at radius 3 is 2.64 bits per heavy atom. The molecule has 0 unspecified atom stereocenters. The zero-order chi connectivity index (χ0) is 10.7. The molecule has 0 aliphatic carbocycles. The summed E-state index contributed by atoms with van der Waals surface area (Å²) in [6, 6.07) is 3.36. The highest BCUT2D eigenvalue weighted by Gasteiger charge is 2.19. The molecule has 14 heavy (non-hydrogen) atoms. The fraction of sp³-hybridized carbons (Fsp3) is 0. The van der Waals surface area contributed by atoms with Gasteiger partial charge in [-0.1, -0.05) is 0 Å². The Morgan fingerprint density at radius 1 is 1.57 bits per heavy atom. The minimum atomic E-state index is -1.40. The van der Waals surface area contributed by atoms with E-state index in [4.69, 9.17) is 9.71 Å². The van der Waals surface area contributed by atoms with Gasteiger partial charge in [0.1, 0.15) is 5.56 Å². The highest BCUT2D eigenvalue weighted by molar-refractivity contribution is 7.85. The molecule has 7 heteroatoms. The maximum atomic E-state index is 10.6. The minimum absolute atomic E-state index is 0.244. The monoisotopic (exact) mass is 212 g/mol. The topological polar surface area (TPSA) is 104 Å². The van der Waals surface area contributed by atoms with Crippen LogP contribution in [-0.4, -0.2) is 16.0 Å². The molecule has 0 saturated heterocycles. The van der Waals surface area contributed by atoms with Crippen LogP contribution in [0.25, 0.3) is 0 Å². The van der Waals surface area contributed by atoms with E-state index in [9.17, 15) is 14.9 Å². The van der Waals surface area contributed by atoms with Gasteiger partial charge in [0.25, 0.3) is 5.69 Å². The number of carboxylic acids is 1. The lowest BCUT2D eigenvalue weighted by molar-refractivity contribution is -0.385. The van der Waals surface area contributed by atoms with Crippen molar-refractivity contribution in [2.45, 2.75) is 4.90 Å². The Labute approximate surface area is 81.9 Å². The molecule has 0 amide bonds. The predicted octanol–water partition coefficient (Wildman–Crippen LogP) is 1.86. The maximum Gasteiger partial charge on any atom is 0.342 e. The standard InChI is InChI=1S/C7H4N2O4S/c8-14-4-1-2-6(9(12)13)5(3-4)7(10)11/h1-3H,(H,10,11). The number of benzene rings is 1. The summed E-state index contributed by atoms with van der Waals surface area (Å²) in [5, 5.41) is 19.0. The largest absolute Gasteiger partial charge is 0.477 e. The van der Waals surface area contributed by atoms with E-state index in [-0.39, 0.29) is 4.90 Å². The summed E-state index contributed by atoms with van der Waals surface area (Å²) >= 11 is 0.335. The number of aromatic carboxylic acids is 1. The van der Waals surface area contributed by atoms with Crippen LogP contribution < -0.4 is 0 Å². The first-order chi connectivity index (χ1) is 6.56. The van der Waals surface area contributed by atoms with Crippen molar-refractivity contribution in [3.05, 3.63) is 33.9 Å². The Kier molecular flexibility index (Phi) is 2.76. The fourth-order valence-electron chi connectivity index (χ4n) is 0.902. The van der Waals surface area contributed by atoms with Crippen molar-refractivity contribution in [1.82, 2.24) is 0 Å². The van der Waals surface area contributed by atoms with Crippen LogP contribution in [-0.2, 0) is 0 Å². The van der Waals surface area contributed by atoms with E-state index in [2.05, 4.69) is 0 Å². The molecule has 0 spiro atoms. The van der Waals surface area contributed by atoms with E-state index in [1.54, 1.807) is 0 Å². The molecule has 0 aromatic heterocycles. The normalized spacial score (nSPS) is 9.36. The van der Waals surface area contributed by atoms with E-state index in [0.717, 1.165) is 12.1 Å². The number of nitro benzene ring substituents is 1. The lowest BCUT2D eigenvalue weighted by Crippen LogP contribution is -2.02. The summed E-state index contributed by atoms with van der Waals surface area (Å²) < 4.78 is 8.63. The smallest absolute Gasteiger partial charge is 0.342 e. The average Bonchev–Trinajstić information content (AvgIpc) is 2.16. The Morgan fingerprint density at radius 2 is 2.21 bits per heavy atom. The molecule has 1 rings (SSSR count). The van der Waals surface area contributed by atoms with Gasteiger partial charge in [-0.3, -0.25) is 10.1 Å². The fourth-order valence-corrected chi connectivity index (χ4v) is 1.20. The van der Waals surface area contributed by atoms with Gasteiger partial charge < -0.3 is 5.11 Å². The summed E-state index contributed by atoms with van der Waals surface area (Å²) in [6.45, 7) is 0. The SMILES string of the molecule is N#Sc1ccc([N+](=O)[O-])c(C(=O)O)c1. The van der Waals surface area contributed by atoms with Crippen LogP contribution >= 0.6 is 11.4 Å². The summed E-state index contributed by atoms with van der Waals surface area (Å²) in [5.41, 5.74) is -0.927. The Hall–Kier alpha value is -1.98. The first-order valence-corrected chi connectivity index (χ1v) is 4.16. The number of hydrogen-bond acceptors (Lipinski definition) is 4. The lowest BCUT2D eigenvalue weighted by Gasteiger charge is -1.97. The van der Waals surface area contributed by atoms with Gasteiger partial charge in [0.15, 0.2) is 0 Å². The van der Waals surface area contributed by atoms with Crippen molar-refractivity contribution in [2.75, 3.05) is 0 Å². The highest BCUT2D eigenvalue weighted by atomic mass is 32.1. The number of nitro groups is 1. The van der Waals surface area contributed by atoms with Crippen molar-refractivity contribution in [1.29, 1.82) is 4.61 Å². The quantitative estimate of drug-likeness (QED) is 0.595. The van der Waals surface area contributed by atoms with E-state index in [1.807, 2.05) is 0 Å². The number of carbonyl (C=O) groups is 1. The molecule has 0 saturated carbocycles. The summed E-state index contributed by atoms with van der Waals surface area (Å²) in [7, 11) is 0. The van der Waals surface area contributed by atoms with E-state index < -0.39 is 22.1 Å². The molecule has 0 heterocycles. The van der Waals surface area contributed by atoms with Crippen LogP contribution in [0, 0.1) is 14.7 Å². The minimum Gasteiger partial charge on any atom is -0.477 e. The summed E-state index contributed by atoms with van der Waals surface area (Å²) in [4.78, 5) is 20.5. The second-order valence-corrected chi connectivity index (χ2v) is 2.99. The zero-order valence-corrected chi connectivity index (χ0v) is 7.52. The van der Waals surface area contributed by atoms with E-state index in [0.29, 0.717) is 11.4 Å². The second kappa shape index (κ2) is 3.82. The third-order valence-electron chi connectivity index (χ3n) is 1.50. The molecule has 1 aromatic rings. The molecule has 0 aliphatic heterocycles. The van der Waals surface area contributed by atoms with Gasteiger partial charge in [-0.25, -0.2) is 4.79 Å². The first kappa shape index (κ1) is 10.1. The van der Waals surface area contributed by atoms with Crippen LogP contribution in [0.4, 0.5) is 5.69 Å². The number of rotatable bonds is 2. The molecule has 6 nitrogen and oxygen atoms in total. The molecular formula is C7H4N2O4S. The van der Waals surface area contributed by atoms with Crippen LogP contribution in [0.5, 0.6) is 0 Å². The van der Waals surface area contributed by atoms with Crippen molar-refractivity contribution < 1.29 is 14.8 Å². The molecule has 0 aliphatic rings. The van der Waals surface area contributed by atoms with Gasteiger partial charge in [-0.05, 0) is 12.1 Å². The van der Waals surface area contributed by atoms with Gasteiger partial charge in [-0.2, -0.15) is 4.61 Å². The van der Waals surface area contributed by atoms with Crippen molar-refractivity contribution >= 4 is 23.0 Å². The Balaban J connectivity index is 3.40. The predicted molar refractivity (Wildman–Crippen MR) is 47.6 cm³/mol. The molecular weight excluding hydrogens is 208 g/mol. The molecule has 0 fully saturated rings. The number of carboxylic acid groups (broad SMARTS) is 1. The van der Waals surface area contributed by atoms with Gasteiger partial charge in [0, 0.05) is 6.07 Å². The molecule has 0 atom stereocenters. The maximum absolute atomic E-state index is 10.6. The first-order valence-electron chi connectivity index (χ1n) is 3.39. The number of nitrogens with zero attached hydrogens (tertiary/aromatic N) is 2. The molecule has 1 aromatic carbocycles. The van der Waals surface area contributed by atoms with Gasteiger partial charge in [0.05, 0.1) is 21.2 Å². The highest BCUT2D eigenvalue weighted by Crippen LogP contribution is 2.22. The third kappa shape index (κ3) is 1.85. The zero-order valence-electron chi connectivity index (χ0n) is 6.71. The van der Waals surface area contributed by atoms with Crippen LogP contribution in [0.1, 0.15) is 10.4 Å². The number of hydrogen-bond donors (Lipinski definition) is 1. The summed E-state index contributed by atoms with van der Waals surface area (Å²) in [5.74, 6) is -1.40. The van der Waals surface area contributed by atoms with Gasteiger partial charge >= 0.3 is 5.97 Å². The van der Waals surface area contributed by atoms with Crippen molar-refractivity contribution in [2.24, 2.45) is 0 Å². The van der Waals surface area contributed by atoms with Crippen LogP contribution in [0.15, 0.2) is 23.1 Å². The van der Waals surface area contributed by atoms with Crippen molar-refractivity contribution in [3.8, 4) is 0 Å².